The van der Waals surface area contributed by atoms with Crippen LogP contribution in [0.15, 0.2) is 52.6 Å². The van der Waals surface area contributed by atoms with E-state index in [1.54, 1.807) is 30.3 Å². The molecule has 0 saturated heterocycles. The Morgan fingerprint density at radius 2 is 1.88 bits per heavy atom. The van der Waals surface area contributed by atoms with Crippen molar-refractivity contribution in [1.29, 1.82) is 0 Å². The average molecular weight is 229 g/mol. The van der Waals surface area contributed by atoms with Crippen LogP contribution in [0, 0.1) is 0 Å². The molecular formula is C13H11NO3. The summed E-state index contributed by atoms with van der Waals surface area (Å²) in [5, 5.41) is 2.79. The molecule has 0 saturated carbocycles. The Balaban J connectivity index is 2.22. The predicted molar refractivity (Wildman–Crippen MR) is 66.6 cm³/mol. The first-order valence-electron chi connectivity index (χ1n) is 5.15. The molecule has 0 radical (unpaired) electrons. The third kappa shape index (κ3) is 2.10. The average Bonchev–Trinajstić information content (AvgIpc) is 2.38. The molecule has 0 atom stereocenters. The van der Waals surface area contributed by atoms with Crippen molar-refractivity contribution in [2.45, 2.75) is 0 Å². The number of nitrogens with one attached hydrogen (secondary N) is 1. The van der Waals surface area contributed by atoms with Gasteiger partial charge in [0.15, 0.2) is 0 Å². The van der Waals surface area contributed by atoms with Crippen LogP contribution in [0.3, 0.4) is 0 Å². The summed E-state index contributed by atoms with van der Waals surface area (Å²) in [6.45, 7) is 3.93. The molecule has 4 nitrogen and oxygen atoms in total. The van der Waals surface area contributed by atoms with Crippen LogP contribution in [0.4, 0.5) is 5.69 Å². The van der Waals surface area contributed by atoms with Crippen molar-refractivity contribution in [3.63, 3.8) is 0 Å². The van der Waals surface area contributed by atoms with Crippen molar-refractivity contribution < 1.29 is 4.74 Å². The number of ether oxygens (including phenoxy) is 1. The standard InChI is InChI=1S/C13H11NO3/c1-2-8-14-10-11(15)12(16)13(10)17-9-6-4-3-5-7-9/h2-7,14H,1,8H2. The highest BCUT2D eigenvalue weighted by Gasteiger charge is 2.22. The molecule has 0 heterocycles. The van der Waals surface area contributed by atoms with Crippen LogP contribution in [0.25, 0.3) is 0 Å². The zero-order chi connectivity index (χ0) is 12.3. The van der Waals surface area contributed by atoms with Crippen molar-refractivity contribution in [1.82, 2.24) is 0 Å². The van der Waals surface area contributed by atoms with Crippen molar-refractivity contribution in [3.05, 3.63) is 63.4 Å². The van der Waals surface area contributed by atoms with Gasteiger partial charge in [-0.05, 0) is 12.1 Å². The second kappa shape index (κ2) is 4.65. The second-order valence-corrected chi connectivity index (χ2v) is 3.45. The summed E-state index contributed by atoms with van der Waals surface area (Å²) in [7, 11) is 0. The monoisotopic (exact) mass is 229 g/mol. The first kappa shape index (κ1) is 11.1. The van der Waals surface area contributed by atoms with Crippen molar-refractivity contribution >= 4 is 5.69 Å². The maximum atomic E-state index is 11.3. The fraction of sp³-hybridized carbons (Fsp3) is 0.0769. The SMILES string of the molecule is C=CCNc1c(Oc2ccccc2)c(=O)c1=O. The van der Waals surface area contributed by atoms with Crippen molar-refractivity contribution in [3.8, 4) is 11.5 Å². The quantitative estimate of drug-likeness (QED) is 0.626. The Morgan fingerprint density at radius 3 is 2.53 bits per heavy atom. The molecule has 86 valence electrons. The van der Waals surface area contributed by atoms with Gasteiger partial charge in [-0.3, -0.25) is 9.59 Å². The van der Waals surface area contributed by atoms with Gasteiger partial charge in [0.1, 0.15) is 11.4 Å². The van der Waals surface area contributed by atoms with Crippen LogP contribution in [0.5, 0.6) is 11.5 Å². The number of benzene rings is 1. The smallest absolute Gasteiger partial charge is 0.272 e. The molecule has 0 aromatic heterocycles. The molecule has 0 unspecified atom stereocenters. The maximum absolute atomic E-state index is 11.3. The zero-order valence-electron chi connectivity index (χ0n) is 9.10. The highest BCUT2D eigenvalue weighted by atomic mass is 16.5. The van der Waals surface area contributed by atoms with Crippen molar-refractivity contribution in [2.75, 3.05) is 11.9 Å². The van der Waals surface area contributed by atoms with Crippen LogP contribution in [0.2, 0.25) is 0 Å². The Bertz CT molecular complexity index is 595. The van der Waals surface area contributed by atoms with E-state index in [-0.39, 0.29) is 11.4 Å². The van der Waals surface area contributed by atoms with Crippen LogP contribution in [-0.4, -0.2) is 6.54 Å². The van der Waals surface area contributed by atoms with Crippen LogP contribution < -0.4 is 20.9 Å². The summed E-state index contributed by atoms with van der Waals surface area (Å²) in [5.74, 6) is 0.601. The third-order valence-electron chi connectivity index (χ3n) is 2.25. The number of hydrogen-bond acceptors (Lipinski definition) is 4. The minimum Gasteiger partial charge on any atom is -0.451 e. The minimum absolute atomic E-state index is 0.0723. The van der Waals surface area contributed by atoms with Gasteiger partial charge in [-0.1, -0.05) is 24.3 Å². The van der Waals surface area contributed by atoms with Gasteiger partial charge in [0.25, 0.3) is 10.9 Å². The summed E-state index contributed by atoms with van der Waals surface area (Å²) in [6.07, 6.45) is 1.60. The molecule has 0 aliphatic rings. The molecule has 1 N–H and O–H groups in total. The van der Waals surface area contributed by atoms with Gasteiger partial charge >= 0.3 is 0 Å². The number of para-hydroxylation sites is 1. The summed E-state index contributed by atoms with van der Waals surface area (Å²) in [6, 6.07) is 8.85. The summed E-state index contributed by atoms with van der Waals surface area (Å²) < 4.78 is 5.36. The van der Waals surface area contributed by atoms with Crippen LogP contribution >= 0.6 is 0 Å². The van der Waals surface area contributed by atoms with E-state index in [0.717, 1.165) is 0 Å². The Morgan fingerprint density at radius 1 is 1.18 bits per heavy atom. The fourth-order valence-corrected chi connectivity index (χ4v) is 1.41. The molecule has 0 aliphatic heterocycles. The number of anilines is 1. The topological polar surface area (TPSA) is 55.4 Å². The molecule has 2 rings (SSSR count). The number of rotatable bonds is 5. The lowest BCUT2D eigenvalue weighted by molar-refractivity contribution is 0.474. The summed E-state index contributed by atoms with van der Waals surface area (Å²) >= 11 is 0. The number of hydrogen-bond donors (Lipinski definition) is 1. The van der Waals surface area contributed by atoms with Gasteiger partial charge in [0.2, 0.25) is 5.75 Å². The molecule has 0 fully saturated rings. The lowest BCUT2D eigenvalue weighted by atomic mass is 10.2. The van der Waals surface area contributed by atoms with E-state index in [9.17, 15) is 9.59 Å². The molecule has 0 spiro atoms. The van der Waals surface area contributed by atoms with E-state index in [1.807, 2.05) is 6.07 Å². The lowest BCUT2D eigenvalue weighted by Crippen LogP contribution is -2.35. The van der Waals surface area contributed by atoms with Gasteiger partial charge in [-0.25, -0.2) is 0 Å². The molecule has 0 aliphatic carbocycles. The predicted octanol–water partition coefficient (Wildman–Crippen LogP) is 1.67. The molecule has 0 bridgehead atoms. The molecule has 2 aromatic rings. The van der Waals surface area contributed by atoms with Crippen molar-refractivity contribution in [2.24, 2.45) is 0 Å². The molecular weight excluding hydrogens is 218 g/mol. The van der Waals surface area contributed by atoms with Gasteiger partial charge in [0.05, 0.1) is 0 Å². The van der Waals surface area contributed by atoms with Crippen LogP contribution in [-0.2, 0) is 0 Å². The van der Waals surface area contributed by atoms with E-state index >= 15 is 0 Å². The van der Waals surface area contributed by atoms with Gasteiger partial charge in [-0.15, -0.1) is 6.58 Å². The Kier molecular flexibility index (Phi) is 3.05. The summed E-state index contributed by atoms with van der Waals surface area (Å²) in [4.78, 5) is 22.6. The highest BCUT2D eigenvalue weighted by Crippen LogP contribution is 2.24. The first-order valence-corrected chi connectivity index (χ1v) is 5.15. The van der Waals surface area contributed by atoms with E-state index in [4.69, 9.17) is 4.74 Å². The highest BCUT2D eigenvalue weighted by molar-refractivity contribution is 5.63. The fourth-order valence-electron chi connectivity index (χ4n) is 1.41. The normalized spacial score (nSPS) is 10.1. The summed E-state index contributed by atoms with van der Waals surface area (Å²) in [5.41, 5.74) is -0.919. The maximum Gasteiger partial charge on any atom is 0.272 e. The third-order valence-corrected chi connectivity index (χ3v) is 2.25. The minimum atomic E-state index is -0.597. The second-order valence-electron chi connectivity index (χ2n) is 3.45. The first-order chi connectivity index (χ1) is 8.24. The molecule has 4 heteroatoms. The molecule has 2 aromatic carbocycles. The van der Waals surface area contributed by atoms with Crippen LogP contribution in [0.1, 0.15) is 0 Å². The van der Waals surface area contributed by atoms with Gasteiger partial charge in [0, 0.05) is 6.54 Å². The molecule has 0 amide bonds. The van der Waals surface area contributed by atoms with E-state index in [0.29, 0.717) is 12.3 Å². The van der Waals surface area contributed by atoms with E-state index in [1.165, 1.54) is 0 Å². The largest absolute Gasteiger partial charge is 0.451 e. The van der Waals surface area contributed by atoms with Gasteiger partial charge < -0.3 is 10.1 Å². The Hall–Kier alpha value is -2.36. The lowest BCUT2D eigenvalue weighted by Gasteiger charge is -2.12. The van der Waals surface area contributed by atoms with Gasteiger partial charge in [-0.2, -0.15) is 0 Å². The van der Waals surface area contributed by atoms with E-state index in [2.05, 4.69) is 11.9 Å². The van der Waals surface area contributed by atoms with E-state index < -0.39 is 10.9 Å². The molecule has 17 heavy (non-hydrogen) atoms. The Labute approximate surface area is 97.9 Å². The zero-order valence-corrected chi connectivity index (χ0v) is 9.10.